The lowest BCUT2D eigenvalue weighted by Gasteiger charge is -2.15. The average molecular weight is 355 g/mol. The number of ether oxygens (including phenoxy) is 3. The molecule has 1 amide bonds. The fraction of sp³-hybridized carbons (Fsp3) is 0.250. The highest BCUT2D eigenvalue weighted by atomic mass is 16.5. The van der Waals surface area contributed by atoms with Crippen molar-refractivity contribution in [3.05, 3.63) is 53.8 Å². The highest BCUT2D eigenvalue weighted by Crippen LogP contribution is 2.38. The van der Waals surface area contributed by atoms with Gasteiger partial charge in [0.1, 0.15) is 11.3 Å². The maximum atomic E-state index is 12.7. The largest absolute Gasteiger partial charge is 0.493 e. The normalized spacial score (nSPS) is 11.8. The molecule has 0 fully saturated rings. The average Bonchev–Trinajstić information content (AvgIpc) is 3.11. The van der Waals surface area contributed by atoms with Gasteiger partial charge in [-0.1, -0.05) is 18.2 Å². The van der Waals surface area contributed by atoms with Crippen LogP contribution < -0.4 is 19.5 Å². The summed E-state index contributed by atoms with van der Waals surface area (Å²) in [5.41, 5.74) is 1.19. The van der Waals surface area contributed by atoms with E-state index in [9.17, 15) is 4.79 Å². The molecule has 0 aliphatic carbocycles. The van der Waals surface area contributed by atoms with E-state index in [1.54, 1.807) is 12.1 Å². The van der Waals surface area contributed by atoms with Gasteiger partial charge in [0.05, 0.1) is 27.4 Å². The molecule has 1 N–H and O–H groups in total. The molecule has 2 aromatic carbocycles. The van der Waals surface area contributed by atoms with Crippen molar-refractivity contribution in [3.8, 4) is 17.2 Å². The van der Waals surface area contributed by atoms with Crippen LogP contribution in [0.25, 0.3) is 11.0 Å². The Morgan fingerprint density at radius 3 is 2.23 bits per heavy atom. The molecule has 1 aromatic heterocycles. The maximum Gasteiger partial charge on any atom is 0.252 e. The van der Waals surface area contributed by atoms with E-state index < -0.39 is 0 Å². The summed E-state index contributed by atoms with van der Waals surface area (Å²) >= 11 is 0. The second kappa shape index (κ2) is 7.39. The van der Waals surface area contributed by atoms with Crippen LogP contribution >= 0.6 is 0 Å². The number of methoxy groups -OCH3 is 3. The number of carbonyl (C=O) groups is 1. The van der Waals surface area contributed by atoms with Crippen LogP contribution in [0.2, 0.25) is 0 Å². The van der Waals surface area contributed by atoms with E-state index in [0.29, 0.717) is 28.6 Å². The maximum absolute atomic E-state index is 12.7. The first-order chi connectivity index (χ1) is 12.6. The van der Waals surface area contributed by atoms with Gasteiger partial charge in [0.25, 0.3) is 5.91 Å². The molecule has 0 radical (unpaired) electrons. The number of rotatable bonds is 6. The van der Waals surface area contributed by atoms with Gasteiger partial charge in [-0.05, 0) is 31.2 Å². The topological polar surface area (TPSA) is 69.9 Å². The number of fused-ring (bicyclic) bond motifs is 1. The molecule has 1 atom stereocenters. The second-order valence-corrected chi connectivity index (χ2v) is 5.80. The number of nitrogens with one attached hydrogen (secondary N) is 1. The van der Waals surface area contributed by atoms with Gasteiger partial charge in [0.15, 0.2) is 11.5 Å². The number of benzene rings is 2. The zero-order valence-corrected chi connectivity index (χ0v) is 15.2. The third-order valence-corrected chi connectivity index (χ3v) is 4.15. The van der Waals surface area contributed by atoms with Crippen molar-refractivity contribution < 1.29 is 23.4 Å². The predicted molar refractivity (Wildman–Crippen MR) is 98.2 cm³/mol. The Morgan fingerprint density at radius 1 is 1.00 bits per heavy atom. The van der Waals surface area contributed by atoms with Gasteiger partial charge in [0, 0.05) is 10.9 Å². The number of carbonyl (C=O) groups excluding carboxylic acids is 1. The SMILES string of the molecule is COc1cc(C(=O)N[C@H](C)c2cc3ccccc3o2)cc(OC)c1OC. The van der Waals surface area contributed by atoms with Crippen LogP contribution in [0.1, 0.15) is 29.1 Å². The third kappa shape index (κ3) is 3.31. The molecule has 0 unspecified atom stereocenters. The molecule has 1 heterocycles. The molecule has 6 nitrogen and oxygen atoms in total. The van der Waals surface area contributed by atoms with E-state index in [1.807, 2.05) is 37.3 Å². The Kier molecular flexibility index (Phi) is 5.02. The van der Waals surface area contributed by atoms with Crippen LogP contribution in [0.3, 0.4) is 0 Å². The highest BCUT2D eigenvalue weighted by Gasteiger charge is 2.20. The standard InChI is InChI=1S/C20H21NO5/c1-12(16-9-13-7-5-6-8-15(13)26-16)21-20(22)14-10-17(23-2)19(25-4)18(11-14)24-3/h5-12H,1-4H3,(H,21,22)/t12-/m1/s1. The Hall–Kier alpha value is -3.15. The fourth-order valence-electron chi connectivity index (χ4n) is 2.78. The Bertz CT molecular complexity index is 873. The Labute approximate surface area is 151 Å². The van der Waals surface area contributed by atoms with Gasteiger partial charge in [-0.2, -0.15) is 0 Å². The van der Waals surface area contributed by atoms with Crippen LogP contribution in [0.15, 0.2) is 46.9 Å². The Balaban J connectivity index is 1.84. The highest BCUT2D eigenvalue weighted by molar-refractivity contribution is 5.96. The molecule has 0 aliphatic heterocycles. The lowest BCUT2D eigenvalue weighted by atomic mass is 10.1. The van der Waals surface area contributed by atoms with Crippen LogP contribution in [0.5, 0.6) is 17.2 Å². The fourth-order valence-corrected chi connectivity index (χ4v) is 2.78. The van der Waals surface area contributed by atoms with E-state index in [-0.39, 0.29) is 11.9 Å². The number of hydrogen-bond acceptors (Lipinski definition) is 5. The van der Waals surface area contributed by atoms with E-state index in [4.69, 9.17) is 18.6 Å². The lowest BCUT2D eigenvalue weighted by Crippen LogP contribution is -2.26. The van der Waals surface area contributed by atoms with Crippen molar-refractivity contribution in [2.24, 2.45) is 0 Å². The molecule has 0 spiro atoms. The van der Waals surface area contributed by atoms with Gasteiger partial charge in [-0.15, -0.1) is 0 Å². The van der Waals surface area contributed by atoms with Crippen LogP contribution in [-0.2, 0) is 0 Å². The van der Waals surface area contributed by atoms with Crippen LogP contribution in [0.4, 0.5) is 0 Å². The van der Waals surface area contributed by atoms with Crippen LogP contribution in [0, 0.1) is 0 Å². The summed E-state index contributed by atoms with van der Waals surface area (Å²) in [6, 6.07) is 12.6. The summed E-state index contributed by atoms with van der Waals surface area (Å²) in [5.74, 6) is 1.71. The number of furan rings is 1. The minimum Gasteiger partial charge on any atom is -0.493 e. The molecule has 26 heavy (non-hydrogen) atoms. The molecule has 3 rings (SSSR count). The molecule has 0 saturated heterocycles. The van der Waals surface area contributed by atoms with Crippen molar-refractivity contribution in [3.63, 3.8) is 0 Å². The zero-order chi connectivity index (χ0) is 18.7. The van der Waals surface area contributed by atoms with Crippen molar-refractivity contribution in [1.29, 1.82) is 0 Å². The first-order valence-electron chi connectivity index (χ1n) is 8.16. The summed E-state index contributed by atoms with van der Waals surface area (Å²) in [4.78, 5) is 12.7. The second-order valence-electron chi connectivity index (χ2n) is 5.80. The first kappa shape index (κ1) is 17.7. The molecular formula is C20H21NO5. The van der Waals surface area contributed by atoms with Gasteiger partial charge in [-0.25, -0.2) is 0 Å². The molecule has 0 aliphatic rings. The van der Waals surface area contributed by atoms with Crippen molar-refractivity contribution >= 4 is 16.9 Å². The van der Waals surface area contributed by atoms with Gasteiger partial charge < -0.3 is 23.9 Å². The van der Waals surface area contributed by atoms with E-state index in [1.165, 1.54) is 21.3 Å². The summed E-state index contributed by atoms with van der Waals surface area (Å²) in [5, 5.41) is 3.93. The van der Waals surface area contributed by atoms with E-state index >= 15 is 0 Å². The van der Waals surface area contributed by atoms with Crippen molar-refractivity contribution in [2.45, 2.75) is 13.0 Å². The minimum absolute atomic E-state index is 0.266. The third-order valence-electron chi connectivity index (χ3n) is 4.15. The monoisotopic (exact) mass is 355 g/mol. The first-order valence-corrected chi connectivity index (χ1v) is 8.16. The molecular weight excluding hydrogens is 334 g/mol. The van der Waals surface area contributed by atoms with Crippen molar-refractivity contribution in [1.82, 2.24) is 5.32 Å². The summed E-state index contributed by atoms with van der Waals surface area (Å²) in [6.07, 6.45) is 0. The molecule has 0 saturated carbocycles. The summed E-state index contributed by atoms with van der Waals surface area (Å²) < 4.78 is 21.7. The number of amides is 1. The smallest absolute Gasteiger partial charge is 0.252 e. The molecule has 3 aromatic rings. The lowest BCUT2D eigenvalue weighted by molar-refractivity contribution is 0.0935. The van der Waals surface area contributed by atoms with Crippen LogP contribution in [-0.4, -0.2) is 27.2 Å². The van der Waals surface area contributed by atoms with Gasteiger partial charge in [0.2, 0.25) is 5.75 Å². The number of para-hydroxylation sites is 1. The molecule has 6 heteroatoms. The molecule has 136 valence electrons. The van der Waals surface area contributed by atoms with E-state index in [0.717, 1.165) is 11.0 Å². The van der Waals surface area contributed by atoms with Gasteiger partial charge in [-0.3, -0.25) is 4.79 Å². The molecule has 0 bridgehead atoms. The Morgan fingerprint density at radius 2 is 1.65 bits per heavy atom. The summed E-state index contributed by atoms with van der Waals surface area (Å²) in [6.45, 7) is 1.87. The minimum atomic E-state index is -0.297. The quantitative estimate of drug-likeness (QED) is 0.725. The zero-order valence-electron chi connectivity index (χ0n) is 15.2. The number of hydrogen-bond donors (Lipinski definition) is 1. The van der Waals surface area contributed by atoms with Gasteiger partial charge >= 0.3 is 0 Å². The van der Waals surface area contributed by atoms with Crippen molar-refractivity contribution in [2.75, 3.05) is 21.3 Å². The predicted octanol–water partition coefficient (Wildman–Crippen LogP) is 3.95. The summed E-state index contributed by atoms with van der Waals surface area (Å²) in [7, 11) is 4.54. The van der Waals surface area contributed by atoms with E-state index in [2.05, 4.69) is 5.32 Å².